The molecule has 1 unspecified atom stereocenters. The molecule has 9 heteroatoms. The van der Waals surface area contributed by atoms with Crippen LogP contribution in [-0.2, 0) is 0 Å². The van der Waals surface area contributed by atoms with Crippen LogP contribution in [0.3, 0.4) is 0 Å². The highest BCUT2D eigenvalue weighted by Crippen LogP contribution is 2.41. The molecule has 166 valence electrons. The third kappa shape index (κ3) is 3.95. The second-order valence-corrected chi connectivity index (χ2v) is 9.09. The zero-order valence-corrected chi connectivity index (χ0v) is 18.2. The van der Waals surface area contributed by atoms with E-state index < -0.39 is 11.6 Å². The lowest BCUT2D eigenvalue weighted by Crippen LogP contribution is -2.45. The fourth-order valence-electron chi connectivity index (χ4n) is 4.14. The van der Waals surface area contributed by atoms with Crippen molar-refractivity contribution in [2.45, 2.75) is 18.9 Å². The van der Waals surface area contributed by atoms with E-state index in [1.807, 2.05) is 12.1 Å². The molecule has 7 nitrogen and oxygen atoms in total. The normalized spacial score (nSPS) is 16.2. The maximum absolute atomic E-state index is 14.4. The highest BCUT2D eigenvalue weighted by Gasteiger charge is 2.26. The number of aromatic nitrogens is 1. The van der Waals surface area contributed by atoms with Gasteiger partial charge in [-0.2, -0.15) is 5.26 Å². The maximum Gasteiger partial charge on any atom is 0.417 e. The molecule has 3 N–H and O–H groups in total. The van der Waals surface area contributed by atoms with Crippen molar-refractivity contribution in [3.05, 3.63) is 69.3 Å². The molecule has 1 aliphatic heterocycles. The number of likely N-dealkylation sites (tertiary alicyclic amines) is 1. The predicted molar refractivity (Wildman–Crippen MR) is 123 cm³/mol. The zero-order chi connectivity index (χ0) is 23.1. The van der Waals surface area contributed by atoms with Crippen LogP contribution in [0.4, 0.5) is 4.39 Å². The number of rotatable bonds is 3. The lowest BCUT2D eigenvalue weighted by Gasteiger charge is -2.30. The second-order valence-electron chi connectivity index (χ2n) is 8.04. The van der Waals surface area contributed by atoms with E-state index in [0.717, 1.165) is 23.3 Å². The van der Waals surface area contributed by atoms with Crippen molar-refractivity contribution in [3.63, 3.8) is 0 Å². The number of nitrogens with two attached hydrogens (primary N) is 1. The van der Waals surface area contributed by atoms with Gasteiger partial charge in [-0.3, -0.25) is 9.78 Å². The molecule has 3 heterocycles. The predicted octanol–water partition coefficient (Wildman–Crippen LogP) is 4.09. The monoisotopic (exact) mass is 462 g/mol. The van der Waals surface area contributed by atoms with Gasteiger partial charge in [0.15, 0.2) is 5.58 Å². The molecule has 2 aromatic carbocycles. The number of piperidine rings is 1. The Labute approximate surface area is 191 Å². The first kappa shape index (κ1) is 21.1. The maximum atomic E-state index is 14.4. The Balaban J connectivity index is 1.64. The number of carbonyl (C=O) groups is 1. The number of thiophene rings is 1. The second kappa shape index (κ2) is 8.31. The van der Waals surface area contributed by atoms with Crippen LogP contribution in [0, 0.1) is 17.1 Å². The largest absolute Gasteiger partial charge is 0.417 e. The number of nitriles is 1. The molecule has 33 heavy (non-hydrogen) atoms. The number of fused-ring (bicyclic) bond motifs is 1. The van der Waals surface area contributed by atoms with Crippen LogP contribution in [0.5, 0.6) is 0 Å². The number of H-pyrrole nitrogens is 1. The highest BCUT2D eigenvalue weighted by atomic mass is 32.1. The van der Waals surface area contributed by atoms with Gasteiger partial charge < -0.3 is 15.1 Å². The molecule has 1 atom stereocenters. The first-order chi connectivity index (χ1) is 15.9. The molecule has 0 aliphatic carbocycles. The number of nitrogens with one attached hydrogen (secondary N) is 1. The van der Waals surface area contributed by atoms with Crippen molar-refractivity contribution >= 4 is 28.3 Å². The lowest BCUT2D eigenvalue weighted by atomic mass is 10.0. The van der Waals surface area contributed by atoms with Crippen LogP contribution < -0.4 is 11.5 Å². The Bertz CT molecular complexity index is 1480. The average Bonchev–Trinajstić information content (AvgIpc) is 3.41. The highest BCUT2D eigenvalue weighted by molar-refractivity contribution is 7.18. The summed E-state index contributed by atoms with van der Waals surface area (Å²) in [4.78, 5) is 30.4. The zero-order valence-electron chi connectivity index (χ0n) is 17.4. The van der Waals surface area contributed by atoms with Crippen molar-refractivity contribution in [2.24, 2.45) is 5.73 Å². The van der Waals surface area contributed by atoms with E-state index in [0.29, 0.717) is 40.2 Å². The van der Waals surface area contributed by atoms with E-state index in [-0.39, 0.29) is 17.5 Å². The molecule has 0 bridgehead atoms. The number of nitrogens with zero attached hydrogens (tertiary/aromatic N) is 2. The molecule has 1 amide bonds. The Morgan fingerprint density at radius 1 is 1.24 bits per heavy atom. The van der Waals surface area contributed by atoms with E-state index >= 15 is 0 Å². The van der Waals surface area contributed by atoms with E-state index in [2.05, 4.69) is 4.98 Å². The first-order valence-corrected chi connectivity index (χ1v) is 11.3. The summed E-state index contributed by atoms with van der Waals surface area (Å²) in [5, 5.41) is 9.07. The van der Waals surface area contributed by atoms with Crippen molar-refractivity contribution in [1.82, 2.24) is 9.88 Å². The van der Waals surface area contributed by atoms with Crippen LogP contribution >= 0.6 is 11.3 Å². The minimum absolute atomic E-state index is 0.0480. The Kier molecular flexibility index (Phi) is 5.32. The molecular formula is C24H19FN4O3S. The van der Waals surface area contributed by atoms with Crippen LogP contribution in [0.25, 0.3) is 32.7 Å². The standard InChI is InChI=1S/C24H19FN4O3S/c25-18-8-13(3-4-15(18)11-26)17-10-21(23(30)29-7-1-2-16(27)12-29)33-22(17)14-5-6-19-20(9-14)32-24(31)28-19/h3-6,8-10,16H,1-2,7,12,27H2,(H,28,31). The average molecular weight is 463 g/mol. The summed E-state index contributed by atoms with van der Waals surface area (Å²) in [7, 11) is 0. The number of aromatic amines is 1. The summed E-state index contributed by atoms with van der Waals surface area (Å²) >= 11 is 1.29. The first-order valence-electron chi connectivity index (χ1n) is 10.4. The number of hydrogen-bond acceptors (Lipinski definition) is 6. The quantitative estimate of drug-likeness (QED) is 0.476. The summed E-state index contributed by atoms with van der Waals surface area (Å²) in [6, 6.07) is 13.2. The van der Waals surface area contributed by atoms with E-state index in [4.69, 9.17) is 15.4 Å². The van der Waals surface area contributed by atoms with Crippen LogP contribution in [0.15, 0.2) is 51.7 Å². The molecule has 1 saturated heterocycles. The molecule has 0 saturated carbocycles. The van der Waals surface area contributed by atoms with Crippen molar-refractivity contribution in [2.75, 3.05) is 13.1 Å². The van der Waals surface area contributed by atoms with Gasteiger partial charge in [0.05, 0.1) is 16.0 Å². The number of benzene rings is 2. The van der Waals surface area contributed by atoms with Gasteiger partial charge >= 0.3 is 5.76 Å². The summed E-state index contributed by atoms with van der Waals surface area (Å²) < 4.78 is 19.6. The van der Waals surface area contributed by atoms with Gasteiger partial charge in [0.2, 0.25) is 0 Å². The number of oxazole rings is 1. The van der Waals surface area contributed by atoms with Crippen molar-refractivity contribution < 1.29 is 13.6 Å². The van der Waals surface area contributed by atoms with Gasteiger partial charge in [-0.1, -0.05) is 12.1 Å². The Hall–Kier alpha value is -3.74. The van der Waals surface area contributed by atoms with E-state index in [1.54, 1.807) is 29.2 Å². The minimum atomic E-state index is -0.630. The van der Waals surface area contributed by atoms with Gasteiger partial charge in [-0.25, -0.2) is 9.18 Å². The fourth-order valence-corrected chi connectivity index (χ4v) is 5.28. The molecular weight excluding hydrogens is 443 g/mol. The molecule has 5 rings (SSSR count). The molecule has 0 spiro atoms. The number of carbonyl (C=O) groups excluding carboxylic acids is 1. The summed E-state index contributed by atoms with van der Waals surface area (Å²) in [5.74, 6) is -1.31. The van der Waals surface area contributed by atoms with Crippen molar-refractivity contribution in [1.29, 1.82) is 5.26 Å². The minimum Gasteiger partial charge on any atom is -0.408 e. The Morgan fingerprint density at radius 2 is 2.06 bits per heavy atom. The molecule has 4 aromatic rings. The third-order valence-corrected chi connectivity index (χ3v) is 6.94. The molecule has 1 fully saturated rings. The molecule has 0 radical (unpaired) electrons. The number of halogens is 1. The lowest BCUT2D eigenvalue weighted by molar-refractivity contribution is 0.0714. The summed E-state index contributed by atoms with van der Waals surface area (Å²) in [6.07, 6.45) is 1.74. The third-order valence-electron chi connectivity index (χ3n) is 5.77. The SMILES string of the molecule is N#Cc1ccc(-c2cc(C(=O)N3CCCC(N)C3)sc2-c2ccc3[nH]c(=O)oc3c2)cc1F. The van der Waals surface area contributed by atoms with Crippen LogP contribution in [0.2, 0.25) is 0 Å². The van der Waals surface area contributed by atoms with Gasteiger partial charge in [0.25, 0.3) is 5.91 Å². The van der Waals surface area contributed by atoms with Gasteiger partial charge in [0.1, 0.15) is 11.9 Å². The Morgan fingerprint density at radius 3 is 2.82 bits per heavy atom. The van der Waals surface area contributed by atoms with E-state index in [9.17, 15) is 14.0 Å². The van der Waals surface area contributed by atoms with Gasteiger partial charge in [-0.15, -0.1) is 11.3 Å². The number of hydrogen-bond donors (Lipinski definition) is 2. The van der Waals surface area contributed by atoms with E-state index in [1.165, 1.54) is 23.5 Å². The van der Waals surface area contributed by atoms with Crippen LogP contribution in [0.1, 0.15) is 28.1 Å². The molecule has 1 aliphatic rings. The number of amides is 1. The molecule has 2 aromatic heterocycles. The summed E-state index contributed by atoms with van der Waals surface area (Å²) in [6.45, 7) is 1.13. The van der Waals surface area contributed by atoms with Crippen molar-refractivity contribution in [3.8, 4) is 27.6 Å². The fraction of sp³-hybridized carbons (Fsp3) is 0.208. The van der Waals surface area contributed by atoms with Crippen LogP contribution in [-0.4, -0.2) is 34.9 Å². The topological polar surface area (TPSA) is 116 Å². The van der Waals surface area contributed by atoms with Gasteiger partial charge in [0, 0.05) is 29.6 Å². The smallest absolute Gasteiger partial charge is 0.408 e. The van der Waals surface area contributed by atoms with Gasteiger partial charge in [-0.05, 0) is 54.3 Å². The summed E-state index contributed by atoms with van der Waals surface area (Å²) in [5.41, 5.74) is 8.88.